The third-order valence-corrected chi connectivity index (χ3v) is 3.98. The van der Waals surface area contributed by atoms with Gasteiger partial charge in [0, 0.05) is 37.7 Å². The first kappa shape index (κ1) is 12.7. The molecule has 0 bridgehead atoms. The lowest BCUT2D eigenvalue weighted by molar-refractivity contribution is -0.119. The van der Waals surface area contributed by atoms with Gasteiger partial charge in [0.15, 0.2) is 11.8 Å². The van der Waals surface area contributed by atoms with Gasteiger partial charge in [-0.3, -0.25) is 4.79 Å². The van der Waals surface area contributed by atoms with Crippen LogP contribution in [0.15, 0.2) is 23.3 Å². The zero-order valence-electron chi connectivity index (χ0n) is 11.2. The molecule has 20 heavy (non-hydrogen) atoms. The summed E-state index contributed by atoms with van der Waals surface area (Å²) in [5.74, 6) is 0.667. The molecule has 5 N–H and O–H groups in total. The largest absolute Gasteiger partial charge is 0.370 e. The van der Waals surface area contributed by atoms with Crippen LogP contribution in [0.25, 0.3) is 0 Å². The van der Waals surface area contributed by atoms with E-state index in [1.807, 2.05) is 12.1 Å². The minimum atomic E-state index is -0.00317. The summed E-state index contributed by atoms with van der Waals surface area (Å²) in [6, 6.07) is 3.82. The molecule has 0 aromatic carbocycles. The summed E-state index contributed by atoms with van der Waals surface area (Å²) >= 11 is 0. The number of nitrogens with one attached hydrogen (secondary N) is 1. The molecule has 2 aliphatic rings. The van der Waals surface area contributed by atoms with Gasteiger partial charge < -0.3 is 21.7 Å². The molecule has 0 saturated carbocycles. The highest BCUT2D eigenvalue weighted by Gasteiger charge is 2.44. The Morgan fingerprint density at radius 1 is 1.50 bits per heavy atom. The number of hydrogen-bond donors (Lipinski definition) is 3. The highest BCUT2D eigenvalue weighted by Crippen LogP contribution is 2.40. The van der Waals surface area contributed by atoms with Crippen molar-refractivity contribution in [2.75, 3.05) is 24.5 Å². The summed E-state index contributed by atoms with van der Waals surface area (Å²) in [5.41, 5.74) is 11.8. The number of rotatable bonds is 2. The highest BCUT2D eigenvalue weighted by atomic mass is 16.1. The fourth-order valence-corrected chi connectivity index (χ4v) is 3.02. The minimum Gasteiger partial charge on any atom is -0.370 e. The Kier molecular flexibility index (Phi) is 2.96. The Hall–Kier alpha value is -2.31. The number of nitrogens with two attached hydrogens (primary N) is 2. The molecule has 3 rings (SSSR count). The fourth-order valence-electron chi connectivity index (χ4n) is 3.02. The monoisotopic (exact) mass is 274 g/mol. The van der Waals surface area contributed by atoms with Crippen LogP contribution in [0.5, 0.6) is 0 Å². The first-order valence-corrected chi connectivity index (χ1v) is 6.64. The maximum Gasteiger partial charge on any atom is 0.220 e. The van der Waals surface area contributed by atoms with Crippen LogP contribution in [-0.2, 0) is 4.79 Å². The minimum absolute atomic E-state index is 0.00317. The second-order valence-corrected chi connectivity index (χ2v) is 5.51. The molecule has 0 radical (unpaired) electrons. The zero-order chi connectivity index (χ0) is 14.2. The molecular weight excluding hydrogens is 256 g/mol. The number of carbonyl (C=O) groups is 1. The molecule has 2 fully saturated rings. The third kappa shape index (κ3) is 2.26. The van der Waals surface area contributed by atoms with E-state index in [0.717, 1.165) is 31.7 Å². The zero-order valence-corrected chi connectivity index (χ0v) is 11.2. The predicted octanol–water partition coefficient (Wildman–Crippen LogP) is -0.297. The Morgan fingerprint density at radius 2 is 2.35 bits per heavy atom. The summed E-state index contributed by atoms with van der Waals surface area (Å²) in [5, 5.41) is 2.92. The van der Waals surface area contributed by atoms with Gasteiger partial charge in [-0.25, -0.2) is 4.98 Å². The average Bonchev–Trinajstić information content (AvgIpc) is 2.97. The van der Waals surface area contributed by atoms with Crippen LogP contribution in [0, 0.1) is 5.41 Å². The number of hydrogen-bond acceptors (Lipinski definition) is 4. The van der Waals surface area contributed by atoms with Gasteiger partial charge in [0.2, 0.25) is 5.91 Å². The molecule has 106 valence electrons. The number of pyridine rings is 1. The molecule has 7 heteroatoms. The molecular formula is C13H18N6O. The molecule has 1 aromatic heterocycles. The SMILES string of the molecule is NC(N)=Nc1ncccc1N1CCC2(CNC(=O)C2)C1. The average molecular weight is 274 g/mol. The Morgan fingerprint density at radius 3 is 3.05 bits per heavy atom. The Labute approximate surface area is 117 Å². The normalized spacial score (nSPS) is 25.0. The summed E-state index contributed by atoms with van der Waals surface area (Å²) in [4.78, 5) is 22.0. The van der Waals surface area contributed by atoms with Crippen LogP contribution in [0.4, 0.5) is 11.5 Å². The van der Waals surface area contributed by atoms with Crippen LogP contribution in [-0.4, -0.2) is 36.5 Å². The van der Waals surface area contributed by atoms with Crippen molar-refractivity contribution < 1.29 is 4.79 Å². The molecule has 1 atom stereocenters. The van der Waals surface area contributed by atoms with E-state index in [1.165, 1.54) is 0 Å². The molecule has 1 spiro atoms. The molecule has 2 saturated heterocycles. The van der Waals surface area contributed by atoms with Gasteiger partial charge in [0.25, 0.3) is 0 Å². The van der Waals surface area contributed by atoms with E-state index in [4.69, 9.17) is 11.5 Å². The topological polar surface area (TPSA) is 110 Å². The van der Waals surface area contributed by atoms with Gasteiger partial charge in [-0.1, -0.05) is 0 Å². The van der Waals surface area contributed by atoms with Gasteiger partial charge in [-0.2, -0.15) is 4.99 Å². The van der Waals surface area contributed by atoms with Gasteiger partial charge >= 0.3 is 0 Å². The van der Waals surface area contributed by atoms with E-state index in [1.54, 1.807) is 6.20 Å². The number of amides is 1. The van der Waals surface area contributed by atoms with Crippen molar-refractivity contribution in [3.63, 3.8) is 0 Å². The van der Waals surface area contributed by atoms with Gasteiger partial charge in [-0.15, -0.1) is 0 Å². The third-order valence-electron chi connectivity index (χ3n) is 3.98. The van der Waals surface area contributed by atoms with E-state index < -0.39 is 0 Å². The number of guanidine groups is 1. The highest BCUT2D eigenvalue weighted by molar-refractivity contribution is 5.82. The van der Waals surface area contributed by atoms with Crippen molar-refractivity contribution in [3.8, 4) is 0 Å². The first-order valence-electron chi connectivity index (χ1n) is 6.64. The van der Waals surface area contributed by atoms with Crippen molar-refractivity contribution in [3.05, 3.63) is 18.3 Å². The maximum atomic E-state index is 11.5. The van der Waals surface area contributed by atoms with Crippen molar-refractivity contribution in [2.24, 2.45) is 21.9 Å². The fraction of sp³-hybridized carbons (Fsp3) is 0.462. The summed E-state index contributed by atoms with van der Waals surface area (Å²) in [7, 11) is 0. The quantitative estimate of drug-likeness (QED) is 0.507. The summed E-state index contributed by atoms with van der Waals surface area (Å²) in [6.45, 7) is 2.46. The number of nitrogens with zero attached hydrogens (tertiary/aromatic N) is 3. The summed E-state index contributed by atoms with van der Waals surface area (Å²) in [6.07, 6.45) is 3.25. The lowest BCUT2D eigenvalue weighted by Gasteiger charge is -2.23. The van der Waals surface area contributed by atoms with Gasteiger partial charge in [0.05, 0.1) is 5.69 Å². The molecule has 1 aromatic rings. The van der Waals surface area contributed by atoms with E-state index in [2.05, 4.69) is 20.2 Å². The van der Waals surface area contributed by atoms with E-state index in [-0.39, 0.29) is 17.3 Å². The van der Waals surface area contributed by atoms with Crippen LogP contribution >= 0.6 is 0 Å². The van der Waals surface area contributed by atoms with Crippen molar-refractivity contribution in [2.45, 2.75) is 12.8 Å². The second kappa shape index (κ2) is 4.66. The number of aromatic nitrogens is 1. The van der Waals surface area contributed by atoms with Crippen LogP contribution in [0.3, 0.4) is 0 Å². The van der Waals surface area contributed by atoms with Crippen molar-refractivity contribution in [1.29, 1.82) is 0 Å². The molecule has 1 amide bonds. The molecule has 3 heterocycles. The molecule has 7 nitrogen and oxygen atoms in total. The summed E-state index contributed by atoms with van der Waals surface area (Å²) < 4.78 is 0. The lowest BCUT2D eigenvalue weighted by atomic mass is 9.86. The number of anilines is 1. The first-order chi connectivity index (χ1) is 9.58. The maximum absolute atomic E-state index is 11.5. The van der Waals surface area contributed by atoms with Crippen LogP contribution < -0.4 is 21.7 Å². The molecule has 1 unspecified atom stereocenters. The smallest absolute Gasteiger partial charge is 0.220 e. The van der Waals surface area contributed by atoms with Crippen LogP contribution in [0.2, 0.25) is 0 Å². The van der Waals surface area contributed by atoms with Gasteiger partial charge in [0.1, 0.15) is 0 Å². The Bertz CT molecular complexity index is 568. The molecule has 0 aliphatic carbocycles. The lowest BCUT2D eigenvalue weighted by Crippen LogP contribution is -2.29. The van der Waals surface area contributed by atoms with Crippen molar-refractivity contribution in [1.82, 2.24) is 10.3 Å². The number of carbonyl (C=O) groups excluding carboxylic acids is 1. The van der Waals surface area contributed by atoms with E-state index in [9.17, 15) is 4.79 Å². The van der Waals surface area contributed by atoms with E-state index >= 15 is 0 Å². The van der Waals surface area contributed by atoms with E-state index in [0.29, 0.717) is 12.2 Å². The standard InChI is InChI=1S/C13H18N6O/c14-12(15)18-11-9(2-1-4-16-11)19-5-3-13(8-19)6-10(20)17-7-13/h1-2,4H,3,5-8H2,(H,17,20)(H4,14,15,16,18). The second-order valence-electron chi connectivity index (χ2n) is 5.51. The van der Waals surface area contributed by atoms with Crippen molar-refractivity contribution >= 4 is 23.4 Å². The van der Waals surface area contributed by atoms with Crippen LogP contribution in [0.1, 0.15) is 12.8 Å². The number of aliphatic imine (C=N–C) groups is 1. The van der Waals surface area contributed by atoms with Gasteiger partial charge in [-0.05, 0) is 18.6 Å². The molecule has 2 aliphatic heterocycles. The Balaban J connectivity index is 1.85. The predicted molar refractivity (Wildman–Crippen MR) is 76.6 cm³/mol.